The maximum atomic E-state index is 10.5. The Labute approximate surface area is 103 Å². The second kappa shape index (κ2) is 5.21. The zero-order chi connectivity index (χ0) is 11.5. The van der Waals surface area contributed by atoms with Crippen molar-refractivity contribution in [1.29, 1.82) is 0 Å². The second-order valence-corrected chi connectivity index (χ2v) is 6.60. The van der Waals surface area contributed by atoms with Gasteiger partial charge in [0.15, 0.2) is 0 Å². The van der Waals surface area contributed by atoms with Crippen LogP contribution < -0.4 is 5.32 Å². The van der Waals surface area contributed by atoms with Crippen LogP contribution in [-0.4, -0.2) is 22.9 Å². The van der Waals surface area contributed by atoms with Gasteiger partial charge in [-0.3, -0.25) is 4.79 Å². The Kier molecular flexibility index (Phi) is 3.89. The second-order valence-electron chi connectivity index (χ2n) is 3.98. The van der Waals surface area contributed by atoms with Crippen molar-refractivity contribution in [3.05, 3.63) is 17.0 Å². The maximum absolute atomic E-state index is 10.5. The Morgan fingerprint density at radius 2 is 2.50 bits per heavy atom. The topological polar surface area (TPSA) is 49.3 Å². The van der Waals surface area contributed by atoms with Crippen LogP contribution in [0.2, 0.25) is 0 Å². The van der Waals surface area contributed by atoms with Crippen molar-refractivity contribution in [2.45, 2.75) is 35.3 Å². The quantitative estimate of drug-likeness (QED) is 0.871. The Morgan fingerprint density at radius 1 is 1.69 bits per heavy atom. The molecule has 1 aliphatic rings. The van der Waals surface area contributed by atoms with E-state index in [1.807, 2.05) is 11.8 Å². The lowest BCUT2D eigenvalue weighted by molar-refractivity contribution is -0.136. The van der Waals surface area contributed by atoms with Crippen molar-refractivity contribution in [3.8, 4) is 0 Å². The van der Waals surface area contributed by atoms with Crippen LogP contribution in [0.1, 0.15) is 31.4 Å². The Balaban J connectivity index is 1.97. The number of aliphatic carboxylic acids is 1. The third kappa shape index (κ3) is 2.78. The van der Waals surface area contributed by atoms with E-state index in [9.17, 15) is 4.79 Å². The summed E-state index contributed by atoms with van der Waals surface area (Å²) in [7, 11) is 0. The molecular weight excluding hydrogens is 242 g/mol. The van der Waals surface area contributed by atoms with Crippen LogP contribution in [0.25, 0.3) is 0 Å². The number of hydrogen-bond donors (Lipinski definition) is 2. The van der Waals surface area contributed by atoms with Crippen LogP contribution in [-0.2, 0) is 4.79 Å². The minimum absolute atomic E-state index is 0.192. The molecule has 0 amide bonds. The summed E-state index contributed by atoms with van der Waals surface area (Å²) in [6.45, 7) is 2.77. The van der Waals surface area contributed by atoms with Gasteiger partial charge in [0.1, 0.15) is 0 Å². The third-order valence-corrected chi connectivity index (χ3v) is 4.98. The van der Waals surface area contributed by atoms with Crippen molar-refractivity contribution in [1.82, 2.24) is 5.32 Å². The molecule has 1 aromatic heterocycles. The molecule has 88 valence electrons. The van der Waals surface area contributed by atoms with Crippen LogP contribution in [0.3, 0.4) is 0 Å². The fraction of sp³-hybridized carbons (Fsp3) is 0.545. The lowest BCUT2D eigenvalue weighted by Gasteiger charge is -2.27. The molecule has 3 nitrogen and oxygen atoms in total. The monoisotopic (exact) mass is 257 g/mol. The molecular formula is C11H15NO2S2. The van der Waals surface area contributed by atoms with Gasteiger partial charge in [0.25, 0.3) is 0 Å². The van der Waals surface area contributed by atoms with Crippen LogP contribution in [0.15, 0.2) is 15.7 Å². The van der Waals surface area contributed by atoms with E-state index >= 15 is 0 Å². The molecule has 2 atom stereocenters. The molecule has 1 unspecified atom stereocenters. The summed E-state index contributed by atoms with van der Waals surface area (Å²) in [6, 6.07) is 2.48. The molecule has 0 radical (unpaired) electrons. The van der Waals surface area contributed by atoms with Gasteiger partial charge in [0.05, 0.1) is 10.6 Å². The molecule has 1 aliphatic heterocycles. The summed E-state index contributed by atoms with van der Waals surface area (Å²) in [5.41, 5.74) is 1.35. The number of carbonyl (C=O) groups is 1. The highest BCUT2D eigenvalue weighted by Crippen LogP contribution is 2.43. The third-order valence-electron chi connectivity index (χ3n) is 2.64. The summed E-state index contributed by atoms with van der Waals surface area (Å²) in [4.78, 5) is 10.5. The minimum Gasteiger partial charge on any atom is -0.481 e. The van der Waals surface area contributed by atoms with Crippen molar-refractivity contribution < 1.29 is 9.90 Å². The Hall–Kier alpha value is -0.520. The van der Waals surface area contributed by atoms with E-state index in [1.54, 1.807) is 11.3 Å². The fourth-order valence-corrected chi connectivity index (χ4v) is 4.46. The molecule has 0 saturated heterocycles. The van der Waals surface area contributed by atoms with Gasteiger partial charge in [-0.2, -0.15) is 0 Å². The number of nitrogens with one attached hydrogen (secondary N) is 1. The smallest absolute Gasteiger partial charge is 0.304 e. The number of thioether (sulfide) groups is 1. The highest BCUT2D eigenvalue weighted by Gasteiger charge is 2.25. The predicted molar refractivity (Wildman–Crippen MR) is 67.3 cm³/mol. The molecule has 2 heterocycles. The molecule has 0 bridgehead atoms. The average Bonchev–Trinajstić information content (AvgIpc) is 2.64. The van der Waals surface area contributed by atoms with Gasteiger partial charge in [-0.05, 0) is 23.4 Å². The highest BCUT2D eigenvalue weighted by molar-refractivity contribution is 8.01. The summed E-state index contributed by atoms with van der Waals surface area (Å²) in [5, 5.41) is 14.7. The zero-order valence-electron chi connectivity index (χ0n) is 9.10. The van der Waals surface area contributed by atoms with Gasteiger partial charge in [-0.1, -0.05) is 6.92 Å². The normalized spacial score (nSPS) is 24.1. The van der Waals surface area contributed by atoms with Gasteiger partial charge >= 0.3 is 5.97 Å². The highest BCUT2D eigenvalue weighted by atomic mass is 32.2. The number of carboxylic acids is 1. The molecule has 0 aliphatic carbocycles. The van der Waals surface area contributed by atoms with E-state index in [0.29, 0.717) is 17.8 Å². The molecule has 0 saturated carbocycles. The van der Waals surface area contributed by atoms with Crippen LogP contribution in [0.4, 0.5) is 0 Å². The first kappa shape index (κ1) is 12.0. The molecule has 0 spiro atoms. The lowest BCUT2D eigenvalue weighted by atomic mass is 10.0. The van der Waals surface area contributed by atoms with Crippen molar-refractivity contribution in [3.63, 3.8) is 0 Å². The zero-order valence-corrected chi connectivity index (χ0v) is 10.7. The number of thiophene rings is 1. The molecule has 16 heavy (non-hydrogen) atoms. The fourth-order valence-electron chi connectivity index (χ4n) is 1.90. The van der Waals surface area contributed by atoms with Crippen LogP contribution >= 0.6 is 23.1 Å². The number of rotatable bonds is 4. The largest absolute Gasteiger partial charge is 0.481 e. The maximum Gasteiger partial charge on any atom is 0.304 e. The first-order valence-corrected chi connectivity index (χ1v) is 7.12. The SMILES string of the molecule is C[C@H]1CC(NCCC(=O)O)c2ccsc2S1. The van der Waals surface area contributed by atoms with Crippen LogP contribution in [0.5, 0.6) is 0 Å². The molecule has 0 fully saturated rings. The van der Waals surface area contributed by atoms with Gasteiger partial charge in [-0.15, -0.1) is 23.1 Å². The van der Waals surface area contributed by atoms with Gasteiger partial charge in [-0.25, -0.2) is 0 Å². The number of fused-ring (bicyclic) bond motifs is 1. The predicted octanol–water partition coefficient (Wildman–Crippen LogP) is 2.74. The van der Waals surface area contributed by atoms with Crippen molar-refractivity contribution >= 4 is 29.1 Å². The lowest BCUT2D eigenvalue weighted by Crippen LogP contribution is -2.28. The summed E-state index contributed by atoms with van der Waals surface area (Å²) < 4.78 is 1.38. The van der Waals surface area contributed by atoms with E-state index in [0.717, 1.165) is 6.42 Å². The van der Waals surface area contributed by atoms with E-state index in [-0.39, 0.29) is 6.42 Å². The van der Waals surface area contributed by atoms with Gasteiger partial charge < -0.3 is 10.4 Å². The Morgan fingerprint density at radius 3 is 3.25 bits per heavy atom. The van der Waals surface area contributed by atoms with E-state index in [4.69, 9.17) is 5.11 Å². The first-order chi connectivity index (χ1) is 7.66. The number of hydrogen-bond acceptors (Lipinski definition) is 4. The molecule has 0 aromatic carbocycles. The summed E-state index contributed by atoms with van der Waals surface area (Å²) in [5.74, 6) is -0.740. The standard InChI is InChI=1S/C11H15NO2S2/c1-7-6-9(12-4-2-10(13)14)8-3-5-15-11(8)16-7/h3,5,7,9,12H,2,4,6H2,1H3,(H,13,14)/t7-,9?/m0/s1. The molecule has 5 heteroatoms. The summed E-state index contributed by atoms with van der Waals surface area (Å²) >= 11 is 3.70. The van der Waals surface area contributed by atoms with Crippen LogP contribution in [0, 0.1) is 0 Å². The first-order valence-electron chi connectivity index (χ1n) is 5.36. The van der Waals surface area contributed by atoms with Crippen molar-refractivity contribution in [2.24, 2.45) is 0 Å². The minimum atomic E-state index is -0.740. The Bertz CT molecular complexity index is 378. The van der Waals surface area contributed by atoms with Gasteiger partial charge in [0, 0.05) is 17.8 Å². The van der Waals surface area contributed by atoms with Gasteiger partial charge in [0.2, 0.25) is 0 Å². The van der Waals surface area contributed by atoms with Crippen molar-refractivity contribution in [2.75, 3.05) is 6.54 Å². The van der Waals surface area contributed by atoms with E-state index < -0.39 is 5.97 Å². The molecule has 2 N–H and O–H groups in total. The average molecular weight is 257 g/mol. The van der Waals surface area contributed by atoms with E-state index in [2.05, 4.69) is 23.7 Å². The number of carboxylic acid groups (broad SMARTS) is 1. The molecule has 2 rings (SSSR count). The summed E-state index contributed by atoms with van der Waals surface area (Å²) in [6.07, 6.45) is 1.27. The van der Waals surface area contributed by atoms with E-state index in [1.165, 1.54) is 9.77 Å². The molecule has 1 aromatic rings.